The van der Waals surface area contributed by atoms with Gasteiger partial charge in [-0.15, -0.1) is 0 Å². The first kappa shape index (κ1) is 17.4. The average molecular weight is 344 g/mol. The summed E-state index contributed by atoms with van der Waals surface area (Å²) in [6.07, 6.45) is 8.24. The number of nitrogens with one attached hydrogen (secondary N) is 1. The maximum absolute atomic E-state index is 12.7. The summed E-state index contributed by atoms with van der Waals surface area (Å²) in [4.78, 5) is 42.0. The molecule has 1 aliphatic heterocycles. The van der Waals surface area contributed by atoms with Crippen LogP contribution >= 0.6 is 0 Å². The van der Waals surface area contributed by atoms with Crippen LogP contribution in [-0.4, -0.2) is 40.2 Å². The normalized spacial score (nSPS) is 23.6. The highest BCUT2D eigenvalue weighted by Gasteiger charge is 2.39. The van der Waals surface area contributed by atoms with Crippen LogP contribution in [0.15, 0.2) is 18.5 Å². The van der Waals surface area contributed by atoms with Crippen LogP contribution in [0.5, 0.6) is 0 Å². The number of hydrogen-bond donors (Lipinski definition) is 2. The molecule has 3 amide bonds. The summed E-state index contributed by atoms with van der Waals surface area (Å²) in [5.74, 6) is -0.920. The molecule has 1 aromatic rings. The molecule has 2 fully saturated rings. The van der Waals surface area contributed by atoms with Crippen LogP contribution in [0.1, 0.15) is 49.4 Å². The molecule has 1 aliphatic carbocycles. The van der Waals surface area contributed by atoms with E-state index in [2.05, 4.69) is 17.2 Å². The van der Waals surface area contributed by atoms with Gasteiger partial charge in [0.2, 0.25) is 5.91 Å². The SMILES string of the molecule is C[C@@H]1CCC(C2CCC2)N(C(=O)C(=O)Nc2cncc(C(N)=O)c2)C1. The number of carbonyl (C=O) groups excluding carboxylic acids is 3. The molecule has 3 N–H and O–H groups in total. The quantitative estimate of drug-likeness (QED) is 0.811. The summed E-state index contributed by atoms with van der Waals surface area (Å²) in [6, 6.07) is 1.58. The Morgan fingerprint density at radius 1 is 1.20 bits per heavy atom. The number of pyridine rings is 1. The van der Waals surface area contributed by atoms with Crippen molar-refractivity contribution in [2.45, 2.75) is 45.1 Å². The third kappa shape index (κ3) is 3.81. The van der Waals surface area contributed by atoms with Gasteiger partial charge in [-0.25, -0.2) is 0 Å². The number of hydrogen-bond acceptors (Lipinski definition) is 4. The van der Waals surface area contributed by atoms with E-state index in [1.54, 1.807) is 4.90 Å². The zero-order chi connectivity index (χ0) is 18.0. The van der Waals surface area contributed by atoms with Gasteiger partial charge in [0, 0.05) is 18.8 Å². The number of amides is 3. The Kier molecular flexibility index (Phi) is 5.01. The number of piperidine rings is 1. The second-order valence-electron chi connectivity index (χ2n) is 7.18. The molecule has 134 valence electrons. The monoisotopic (exact) mass is 344 g/mol. The summed E-state index contributed by atoms with van der Waals surface area (Å²) in [5.41, 5.74) is 5.69. The first-order chi connectivity index (χ1) is 12.0. The predicted octanol–water partition coefficient (Wildman–Crippen LogP) is 1.55. The Bertz CT molecular complexity index is 687. The molecular formula is C18H24N4O3. The van der Waals surface area contributed by atoms with E-state index in [0.717, 1.165) is 25.7 Å². The van der Waals surface area contributed by atoms with Crippen molar-refractivity contribution >= 4 is 23.4 Å². The number of nitrogens with two attached hydrogens (primary N) is 1. The molecule has 1 saturated carbocycles. The molecule has 25 heavy (non-hydrogen) atoms. The van der Waals surface area contributed by atoms with E-state index >= 15 is 0 Å². The fourth-order valence-corrected chi connectivity index (χ4v) is 3.68. The van der Waals surface area contributed by atoms with E-state index in [1.807, 2.05) is 0 Å². The Morgan fingerprint density at radius 2 is 1.96 bits per heavy atom. The minimum absolute atomic E-state index is 0.165. The summed E-state index contributed by atoms with van der Waals surface area (Å²) in [7, 11) is 0. The summed E-state index contributed by atoms with van der Waals surface area (Å²) < 4.78 is 0. The van der Waals surface area contributed by atoms with E-state index < -0.39 is 17.7 Å². The molecule has 3 rings (SSSR count). The van der Waals surface area contributed by atoms with Crippen molar-refractivity contribution in [3.05, 3.63) is 24.0 Å². The lowest BCUT2D eigenvalue weighted by molar-refractivity contribution is -0.148. The van der Waals surface area contributed by atoms with Gasteiger partial charge in [0.05, 0.1) is 17.4 Å². The number of rotatable bonds is 3. The molecule has 0 aromatic carbocycles. The van der Waals surface area contributed by atoms with Crippen LogP contribution in [0.3, 0.4) is 0 Å². The Labute approximate surface area is 147 Å². The van der Waals surface area contributed by atoms with Crippen molar-refractivity contribution in [2.24, 2.45) is 17.6 Å². The second-order valence-corrected chi connectivity index (χ2v) is 7.18. The van der Waals surface area contributed by atoms with Crippen molar-refractivity contribution in [3.63, 3.8) is 0 Å². The molecule has 0 bridgehead atoms. The van der Waals surface area contributed by atoms with Crippen LogP contribution in [0, 0.1) is 11.8 Å². The second kappa shape index (κ2) is 7.21. The number of carbonyl (C=O) groups is 3. The molecule has 1 unspecified atom stereocenters. The third-order valence-electron chi connectivity index (χ3n) is 5.29. The maximum Gasteiger partial charge on any atom is 0.313 e. The van der Waals surface area contributed by atoms with Crippen LogP contribution in [-0.2, 0) is 9.59 Å². The molecule has 2 aliphatic rings. The van der Waals surface area contributed by atoms with Gasteiger partial charge in [-0.1, -0.05) is 13.3 Å². The zero-order valence-electron chi connectivity index (χ0n) is 14.4. The van der Waals surface area contributed by atoms with E-state index in [9.17, 15) is 14.4 Å². The molecule has 0 spiro atoms. The first-order valence-corrected chi connectivity index (χ1v) is 8.82. The van der Waals surface area contributed by atoms with Gasteiger partial charge in [-0.05, 0) is 43.6 Å². The minimum atomic E-state index is -0.693. The van der Waals surface area contributed by atoms with Crippen molar-refractivity contribution in [3.8, 4) is 0 Å². The Balaban J connectivity index is 1.70. The van der Waals surface area contributed by atoms with Crippen molar-refractivity contribution < 1.29 is 14.4 Å². The van der Waals surface area contributed by atoms with E-state index in [0.29, 0.717) is 24.1 Å². The van der Waals surface area contributed by atoms with Crippen molar-refractivity contribution in [1.82, 2.24) is 9.88 Å². The highest BCUT2D eigenvalue weighted by Crippen LogP contribution is 2.37. The van der Waals surface area contributed by atoms with E-state index in [-0.39, 0.29) is 11.6 Å². The molecule has 7 nitrogen and oxygen atoms in total. The lowest BCUT2D eigenvalue weighted by Gasteiger charge is -2.45. The van der Waals surface area contributed by atoms with Crippen LogP contribution in [0.25, 0.3) is 0 Å². The van der Waals surface area contributed by atoms with Crippen LogP contribution in [0.2, 0.25) is 0 Å². The lowest BCUT2D eigenvalue weighted by Crippen LogP contribution is -2.54. The van der Waals surface area contributed by atoms with Gasteiger partial charge < -0.3 is 16.0 Å². The van der Waals surface area contributed by atoms with E-state index in [1.165, 1.54) is 24.9 Å². The molecule has 0 radical (unpaired) electrons. The Hall–Kier alpha value is -2.44. The number of nitrogens with zero attached hydrogens (tertiary/aromatic N) is 2. The Morgan fingerprint density at radius 3 is 2.60 bits per heavy atom. The third-order valence-corrected chi connectivity index (χ3v) is 5.29. The van der Waals surface area contributed by atoms with Gasteiger partial charge >= 0.3 is 11.8 Å². The average Bonchev–Trinajstić information content (AvgIpc) is 2.54. The molecule has 1 aromatic heterocycles. The first-order valence-electron chi connectivity index (χ1n) is 8.82. The smallest absolute Gasteiger partial charge is 0.313 e. The van der Waals surface area contributed by atoms with Gasteiger partial charge in [-0.2, -0.15) is 0 Å². The maximum atomic E-state index is 12.7. The van der Waals surface area contributed by atoms with Gasteiger partial charge in [0.1, 0.15) is 0 Å². The van der Waals surface area contributed by atoms with Gasteiger partial charge in [-0.3, -0.25) is 19.4 Å². The molecule has 7 heteroatoms. The lowest BCUT2D eigenvalue weighted by atomic mass is 9.75. The number of aromatic nitrogens is 1. The highest BCUT2D eigenvalue weighted by molar-refractivity contribution is 6.39. The van der Waals surface area contributed by atoms with Gasteiger partial charge in [0.25, 0.3) is 0 Å². The number of primary amides is 1. The van der Waals surface area contributed by atoms with E-state index in [4.69, 9.17) is 5.73 Å². The fraction of sp³-hybridized carbons (Fsp3) is 0.556. The molecule has 1 saturated heterocycles. The van der Waals surface area contributed by atoms with Crippen molar-refractivity contribution in [1.29, 1.82) is 0 Å². The number of anilines is 1. The standard InChI is InChI=1S/C18H24N4O3/c1-11-5-6-15(12-3-2-4-12)22(10-11)18(25)17(24)21-14-7-13(16(19)23)8-20-9-14/h7-9,11-12,15H,2-6,10H2,1H3,(H2,19,23)(H,21,24)/t11-,15?/m1/s1. The number of likely N-dealkylation sites (tertiary alicyclic amines) is 1. The highest BCUT2D eigenvalue weighted by atomic mass is 16.2. The molecule has 2 heterocycles. The summed E-state index contributed by atoms with van der Waals surface area (Å²) >= 11 is 0. The summed E-state index contributed by atoms with van der Waals surface area (Å²) in [5, 5.41) is 2.54. The predicted molar refractivity (Wildman–Crippen MR) is 92.6 cm³/mol. The fourth-order valence-electron chi connectivity index (χ4n) is 3.68. The largest absolute Gasteiger partial charge is 0.366 e. The van der Waals surface area contributed by atoms with Crippen LogP contribution < -0.4 is 11.1 Å². The van der Waals surface area contributed by atoms with Crippen LogP contribution in [0.4, 0.5) is 5.69 Å². The van der Waals surface area contributed by atoms with Gasteiger partial charge in [0.15, 0.2) is 0 Å². The topological polar surface area (TPSA) is 105 Å². The van der Waals surface area contributed by atoms with Crippen molar-refractivity contribution in [2.75, 3.05) is 11.9 Å². The zero-order valence-corrected chi connectivity index (χ0v) is 14.4. The minimum Gasteiger partial charge on any atom is -0.366 e. The molecule has 2 atom stereocenters. The summed E-state index contributed by atoms with van der Waals surface area (Å²) in [6.45, 7) is 2.72. The molecular weight excluding hydrogens is 320 g/mol.